The van der Waals surface area contributed by atoms with E-state index in [1.807, 2.05) is 0 Å². The van der Waals surface area contributed by atoms with E-state index in [1.54, 1.807) is 38.5 Å². The SMILES string of the molecule is c1ccc2c(C[C@@H]3CNCCN3CCC34CC5CC(CC(C5)C3)C4)cccc2c1. The first kappa shape index (κ1) is 18.4. The van der Waals surface area contributed by atoms with Gasteiger partial charge in [0.15, 0.2) is 0 Å². The fourth-order valence-corrected chi connectivity index (χ4v) is 8.00. The highest BCUT2D eigenvalue weighted by molar-refractivity contribution is 5.85. The molecule has 1 atom stereocenters. The van der Waals surface area contributed by atoms with Crippen LogP contribution in [0.15, 0.2) is 42.5 Å². The molecule has 2 heteroatoms. The van der Waals surface area contributed by atoms with Gasteiger partial charge >= 0.3 is 0 Å². The number of nitrogens with one attached hydrogen (secondary N) is 1. The minimum atomic E-state index is 0.642. The van der Waals surface area contributed by atoms with Crippen molar-refractivity contribution in [3.05, 3.63) is 48.0 Å². The summed E-state index contributed by atoms with van der Waals surface area (Å²) in [4.78, 5) is 2.84. The Kier molecular flexibility index (Phi) is 4.69. The van der Waals surface area contributed by atoms with Crippen LogP contribution >= 0.6 is 0 Å². The minimum absolute atomic E-state index is 0.642. The first-order chi connectivity index (χ1) is 14.3. The van der Waals surface area contributed by atoms with Crippen molar-refractivity contribution < 1.29 is 0 Å². The number of fused-ring (bicyclic) bond motifs is 1. The van der Waals surface area contributed by atoms with Gasteiger partial charge in [-0.3, -0.25) is 4.90 Å². The largest absolute Gasteiger partial charge is 0.314 e. The Labute approximate surface area is 176 Å². The van der Waals surface area contributed by atoms with E-state index in [-0.39, 0.29) is 0 Å². The van der Waals surface area contributed by atoms with Crippen LogP contribution in [0.25, 0.3) is 10.8 Å². The van der Waals surface area contributed by atoms with E-state index in [9.17, 15) is 0 Å². The van der Waals surface area contributed by atoms with Gasteiger partial charge in [0, 0.05) is 25.7 Å². The van der Waals surface area contributed by atoms with Crippen LogP contribution in [0.1, 0.15) is 50.5 Å². The van der Waals surface area contributed by atoms with E-state index < -0.39 is 0 Å². The highest BCUT2D eigenvalue weighted by Crippen LogP contribution is 2.61. The second-order valence-electron chi connectivity index (χ2n) is 10.9. The van der Waals surface area contributed by atoms with Gasteiger partial charge in [-0.15, -0.1) is 0 Å². The summed E-state index contributed by atoms with van der Waals surface area (Å²) in [5, 5.41) is 6.51. The highest BCUT2D eigenvalue weighted by atomic mass is 15.2. The molecule has 0 amide bonds. The van der Waals surface area contributed by atoms with E-state index in [2.05, 4.69) is 52.7 Å². The lowest BCUT2D eigenvalue weighted by Gasteiger charge is -2.57. The third kappa shape index (κ3) is 3.53. The molecule has 7 rings (SSSR count). The third-order valence-corrected chi connectivity index (χ3v) is 8.90. The van der Waals surface area contributed by atoms with Gasteiger partial charge in [-0.2, -0.15) is 0 Å². The lowest BCUT2D eigenvalue weighted by atomic mass is 9.49. The average molecular weight is 389 g/mol. The second kappa shape index (κ2) is 7.39. The van der Waals surface area contributed by atoms with Crippen LogP contribution < -0.4 is 5.32 Å². The fraction of sp³-hybridized carbons (Fsp3) is 0.630. The molecule has 4 bridgehead atoms. The molecule has 154 valence electrons. The van der Waals surface area contributed by atoms with E-state index in [0.29, 0.717) is 11.5 Å². The Morgan fingerprint density at radius 3 is 2.41 bits per heavy atom. The van der Waals surface area contributed by atoms with Crippen molar-refractivity contribution >= 4 is 10.8 Å². The summed E-state index contributed by atoms with van der Waals surface area (Å²) in [6.45, 7) is 4.85. The molecule has 1 aliphatic heterocycles. The van der Waals surface area contributed by atoms with Gasteiger partial charge in [0.25, 0.3) is 0 Å². The monoisotopic (exact) mass is 388 g/mol. The fourth-order valence-electron chi connectivity index (χ4n) is 8.00. The van der Waals surface area contributed by atoms with Crippen LogP contribution in [0, 0.1) is 23.2 Å². The van der Waals surface area contributed by atoms with Gasteiger partial charge in [0.2, 0.25) is 0 Å². The average Bonchev–Trinajstić information content (AvgIpc) is 2.72. The number of hydrogen-bond donors (Lipinski definition) is 1. The number of rotatable bonds is 5. The molecule has 2 aromatic carbocycles. The van der Waals surface area contributed by atoms with Gasteiger partial charge < -0.3 is 5.32 Å². The molecule has 4 aliphatic carbocycles. The molecule has 1 N–H and O–H groups in total. The van der Waals surface area contributed by atoms with Gasteiger partial charge in [-0.05, 0) is 97.4 Å². The number of piperazine rings is 1. The zero-order chi connectivity index (χ0) is 19.3. The van der Waals surface area contributed by atoms with Crippen LogP contribution in [-0.2, 0) is 6.42 Å². The molecule has 4 saturated carbocycles. The van der Waals surface area contributed by atoms with Gasteiger partial charge in [0.05, 0.1) is 0 Å². The minimum Gasteiger partial charge on any atom is -0.314 e. The third-order valence-electron chi connectivity index (χ3n) is 8.90. The second-order valence-corrected chi connectivity index (χ2v) is 10.9. The summed E-state index contributed by atoms with van der Waals surface area (Å²) in [5.74, 6) is 3.24. The Morgan fingerprint density at radius 1 is 0.897 bits per heavy atom. The summed E-state index contributed by atoms with van der Waals surface area (Å²) in [6, 6.07) is 16.4. The molecule has 5 aliphatic rings. The molecule has 5 fully saturated rings. The Hall–Kier alpha value is -1.38. The summed E-state index contributed by atoms with van der Waals surface area (Å²) in [7, 11) is 0. The van der Waals surface area contributed by atoms with Crippen molar-refractivity contribution in [2.75, 3.05) is 26.2 Å². The van der Waals surface area contributed by atoms with Gasteiger partial charge in [-0.1, -0.05) is 42.5 Å². The van der Waals surface area contributed by atoms with E-state index in [4.69, 9.17) is 0 Å². The number of hydrogen-bond acceptors (Lipinski definition) is 2. The maximum absolute atomic E-state index is 3.69. The predicted molar refractivity (Wildman–Crippen MR) is 121 cm³/mol. The number of benzene rings is 2. The smallest absolute Gasteiger partial charge is 0.0261 e. The molecule has 0 unspecified atom stereocenters. The van der Waals surface area contributed by atoms with E-state index in [0.717, 1.165) is 30.8 Å². The molecule has 2 nitrogen and oxygen atoms in total. The van der Waals surface area contributed by atoms with Crippen molar-refractivity contribution in [3.63, 3.8) is 0 Å². The van der Waals surface area contributed by atoms with Crippen molar-refractivity contribution in [1.82, 2.24) is 10.2 Å². The summed E-state index contributed by atoms with van der Waals surface area (Å²) in [5.41, 5.74) is 2.24. The lowest BCUT2D eigenvalue weighted by Crippen LogP contribution is -2.54. The van der Waals surface area contributed by atoms with E-state index >= 15 is 0 Å². The van der Waals surface area contributed by atoms with Crippen LogP contribution in [0.5, 0.6) is 0 Å². The molecule has 0 aromatic heterocycles. The molecule has 1 heterocycles. The van der Waals surface area contributed by atoms with Crippen LogP contribution in [0.4, 0.5) is 0 Å². The van der Waals surface area contributed by atoms with E-state index in [1.165, 1.54) is 42.3 Å². The van der Waals surface area contributed by atoms with Crippen LogP contribution in [-0.4, -0.2) is 37.1 Å². The topological polar surface area (TPSA) is 15.3 Å². The lowest BCUT2D eigenvalue weighted by molar-refractivity contribution is -0.0629. The van der Waals surface area contributed by atoms with Gasteiger partial charge in [0.1, 0.15) is 0 Å². The zero-order valence-electron chi connectivity index (χ0n) is 17.8. The Balaban J connectivity index is 1.17. The summed E-state index contributed by atoms with van der Waals surface area (Å²) < 4.78 is 0. The van der Waals surface area contributed by atoms with Crippen LogP contribution in [0.3, 0.4) is 0 Å². The first-order valence-corrected chi connectivity index (χ1v) is 12.2. The first-order valence-electron chi connectivity index (χ1n) is 12.2. The summed E-state index contributed by atoms with van der Waals surface area (Å²) in [6.07, 6.45) is 12.0. The highest BCUT2D eigenvalue weighted by Gasteiger charge is 2.50. The molecule has 0 spiro atoms. The van der Waals surface area contributed by atoms with Crippen molar-refractivity contribution in [3.8, 4) is 0 Å². The maximum Gasteiger partial charge on any atom is 0.0261 e. The standard InChI is InChI=1S/C27H36N2/c1-2-7-26-23(4-1)5-3-6-24(26)15-25-19-28-9-11-29(25)10-8-27-16-20-12-21(17-27)14-22(13-20)18-27/h1-7,20-22,25,28H,8-19H2/t20?,21?,22?,25-,27?/m1/s1. The molecule has 0 radical (unpaired) electrons. The predicted octanol–water partition coefficient (Wildman–Crippen LogP) is 5.26. The molecule has 29 heavy (non-hydrogen) atoms. The van der Waals surface area contributed by atoms with Crippen molar-refractivity contribution in [2.24, 2.45) is 23.2 Å². The summed E-state index contributed by atoms with van der Waals surface area (Å²) >= 11 is 0. The zero-order valence-corrected chi connectivity index (χ0v) is 17.8. The Morgan fingerprint density at radius 2 is 1.62 bits per heavy atom. The molecule has 1 saturated heterocycles. The molecule has 2 aromatic rings. The van der Waals surface area contributed by atoms with Crippen molar-refractivity contribution in [1.29, 1.82) is 0 Å². The van der Waals surface area contributed by atoms with Crippen molar-refractivity contribution in [2.45, 2.75) is 57.4 Å². The Bertz CT molecular complexity index is 831. The number of nitrogens with zero attached hydrogens (tertiary/aromatic N) is 1. The quantitative estimate of drug-likeness (QED) is 0.751. The normalized spacial score (nSPS) is 36.7. The molecular formula is C27H36N2. The maximum atomic E-state index is 3.69. The van der Waals surface area contributed by atoms with Gasteiger partial charge in [-0.25, -0.2) is 0 Å². The van der Waals surface area contributed by atoms with Crippen LogP contribution in [0.2, 0.25) is 0 Å². The molecular weight excluding hydrogens is 352 g/mol.